The van der Waals surface area contributed by atoms with E-state index in [0.717, 1.165) is 33.5 Å². The van der Waals surface area contributed by atoms with Crippen LogP contribution >= 0.6 is 11.3 Å². The summed E-state index contributed by atoms with van der Waals surface area (Å²) in [7, 11) is 0. The third-order valence-corrected chi connectivity index (χ3v) is 13.7. The highest BCUT2D eigenvalue weighted by Gasteiger charge is 2.46. The second-order valence-electron chi connectivity index (χ2n) is 15.5. The molecule has 0 N–H and O–H groups in total. The molecule has 58 heavy (non-hydrogen) atoms. The monoisotopic (exact) mass is 755 g/mol. The van der Waals surface area contributed by atoms with Gasteiger partial charge in [-0.15, -0.1) is 11.3 Å². The van der Waals surface area contributed by atoms with Gasteiger partial charge < -0.3 is 8.97 Å². The Bertz CT molecular complexity index is 3590. The molecular formula is C54H33N3S. The molecule has 12 aromatic rings. The van der Waals surface area contributed by atoms with Gasteiger partial charge in [-0.05, 0) is 88.0 Å². The summed E-state index contributed by atoms with van der Waals surface area (Å²) in [5, 5.41) is 3.75. The lowest BCUT2D eigenvalue weighted by Gasteiger charge is -2.33. The summed E-state index contributed by atoms with van der Waals surface area (Å²) in [5.41, 5.74) is 17.3. The van der Waals surface area contributed by atoms with Crippen molar-refractivity contribution in [3.05, 3.63) is 222 Å². The lowest BCUT2D eigenvalue weighted by atomic mass is 9.67. The van der Waals surface area contributed by atoms with Gasteiger partial charge in [-0.1, -0.05) is 146 Å². The molecule has 0 atom stereocenters. The van der Waals surface area contributed by atoms with E-state index in [4.69, 9.17) is 4.98 Å². The summed E-state index contributed by atoms with van der Waals surface area (Å²) >= 11 is 1.90. The zero-order chi connectivity index (χ0) is 38.0. The van der Waals surface area contributed by atoms with Gasteiger partial charge in [0, 0.05) is 32.1 Å². The molecule has 4 heterocycles. The molecule has 0 fully saturated rings. The summed E-state index contributed by atoms with van der Waals surface area (Å²) in [6.07, 6.45) is 0. The minimum Gasteiger partial charge on any atom is -0.308 e. The number of thiophene rings is 1. The van der Waals surface area contributed by atoms with Crippen LogP contribution < -0.4 is 0 Å². The van der Waals surface area contributed by atoms with Gasteiger partial charge in [0.25, 0.3) is 0 Å². The first-order valence-corrected chi connectivity index (χ1v) is 20.7. The van der Waals surface area contributed by atoms with E-state index in [1.807, 2.05) is 11.3 Å². The van der Waals surface area contributed by atoms with Crippen molar-refractivity contribution < 1.29 is 0 Å². The molecule has 0 spiro atoms. The fourth-order valence-electron chi connectivity index (χ4n) is 10.2. The van der Waals surface area contributed by atoms with Gasteiger partial charge in [0.2, 0.25) is 0 Å². The molecule has 0 unspecified atom stereocenters. The summed E-state index contributed by atoms with van der Waals surface area (Å²) in [4.78, 5) is 5.37. The van der Waals surface area contributed by atoms with Gasteiger partial charge in [-0.2, -0.15) is 0 Å². The molecular weight excluding hydrogens is 723 g/mol. The molecule has 0 saturated heterocycles. The van der Waals surface area contributed by atoms with Crippen LogP contribution in [0.1, 0.15) is 22.3 Å². The van der Waals surface area contributed by atoms with Crippen molar-refractivity contribution in [2.24, 2.45) is 0 Å². The van der Waals surface area contributed by atoms with Crippen LogP contribution in [0.5, 0.6) is 0 Å². The van der Waals surface area contributed by atoms with Crippen molar-refractivity contribution in [1.82, 2.24) is 14.0 Å². The highest BCUT2D eigenvalue weighted by atomic mass is 32.1. The van der Waals surface area contributed by atoms with Crippen LogP contribution in [-0.2, 0) is 5.41 Å². The maximum Gasteiger partial charge on any atom is 0.0951 e. The molecule has 270 valence electrons. The van der Waals surface area contributed by atoms with E-state index in [0.29, 0.717) is 0 Å². The predicted molar refractivity (Wildman–Crippen MR) is 243 cm³/mol. The maximum absolute atomic E-state index is 5.37. The van der Waals surface area contributed by atoms with E-state index in [1.165, 1.54) is 75.5 Å². The topological polar surface area (TPSA) is 22.2 Å². The van der Waals surface area contributed by atoms with Crippen LogP contribution in [-0.4, -0.2) is 14.0 Å². The number of aromatic nitrogens is 3. The average Bonchev–Trinajstić information content (AvgIpc) is 4.03. The van der Waals surface area contributed by atoms with Crippen molar-refractivity contribution >= 4 is 70.0 Å². The highest BCUT2D eigenvalue weighted by Crippen LogP contribution is 2.58. The van der Waals surface area contributed by atoms with E-state index in [-0.39, 0.29) is 0 Å². The van der Waals surface area contributed by atoms with Gasteiger partial charge in [0.1, 0.15) is 0 Å². The maximum atomic E-state index is 5.37. The molecule has 1 aliphatic carbocycles. The minimum absolute atomic E-state index is 0.471. The quantitative estimate of drug-likeness (QED) is 0.175. The molecule has 0 radical (unpaired) electrons. The van der Waals surface area contributed by atoms with Crippen molar-refractivity contribution in [3.63, 3.8) is 0 Å². The van der Waals surface area contributed by atoms with Gasteiger partial charge in [0.05, 0.1) is 48.9 Å². The first-order valence-electron chi connectivity index (χ1n) is 19.9. The highest BCUT2D eigenvalue weighted by molar-refractivity contribution is 7.26. The number of nitrogens with zero attached hydrogens (tertiary/aromatic N) is 3. The van der Waals surface area contributed by atoms with E-state index in [2.05, 4.69) is 209 Å². The third kappa shape index (κ3) is 4.19. The Labute approximate surface area is 338 Å². The van der Waals surface area contributed by atoms with Crippen LogP contribution in [0.15, 0.2) is 200 Å². The molecule has 4 aromatic heterocycles. The fourth-order valence-corrected chi connectivity index (χ4v) is 11.4. The minimum atomic E-state index is -0.471. The number of benzene rings is 8. The van der Waals surface area contributed by atoms with E-state index >= 15 is 0 Å². The summed E-state index contributed by atoms with van der Waals surface area (Å²) < 4.78 is 7.49. The summed E-state index contributed by atoms with van der Waals surface area (Å²) in [6.45, 7) is 0. The van der Waals surface area contributed by atoms with E-state index < -0.39 is 5.41 Å². The summed E-state index contributed by atoms with van der Waals surface area (Å²) in [5.74, 6) is 0. The first-order chi connectivity index (χ1) is 28.8. The Kier molecular flexibility index (Phi) is 6.53. The van der Waals surface area contributed by atoms with Gasteiger partial charge >= 0.3 is 0 Å². The molecule has 0 aliphatic heterocycles. The largest absolute Gasteiger partial charge is 0.308 e. The Morgan fingerprint density at radius 3 is 2.02 bits per heavy atom. The number of hydrogen-bond donors (Lipinski definition) is 0. The van der Waals surface area contributed by atoms with Gasteiger partial charge in [-0.3, -0.25) is 0 Å². The number of fused-ring (bicyclic) bond motifs is 13. The lowest BCUT2D eigenvalue weighted by Crippen LogP contribution is -2.28. The van der Waals surface area contributed by atoms with E-state index in [1.54, 1.807) is 0 Å². The smallest absolute Gasteiger partial charge is 0.0951 e. The second kappa shape index (κ2) is 11.9. The van der Waals surface area contributed by atoms with Crippen LogP contribution in [0, 0.1) is 0 Å². The Hall–Kier alpha value is -7.27. The first kappa shape index (κ1) is 31.9. The van der Waals surface area contributed by atoms with Crippen LogP contribution in [0.4, 0.5) is 0 Å². The van der Waals surface area contributed by atoms with Crippen LogP contribution in [0.3, 0.4) is 0 Å². The van der Waals surface area contributed by atoms with Crippen molar-refractivity contribution in [2.75, 3.05) is 0 Å². The molecule has 0 bridgehead atoms. The SMILES string of the molecule is c1ccc(C2(c3ccccc3)c3ccccc3-c3cc4c(cc32)c2sc3ccccc3c2n4-c2cccc(-c3nc4ccccc4n4c3cc3ccccc34)c2)cc1. The van der Waals surface area contributed by atoms with E-state index in [9.17, 15) is 0 Å². The van der Waals surface area contributed by atoms with Crippen molar-refractivity contribution in [2.45, 2.75) is 5.41 Å². The Morgan fingerprint density at radius 2 is 1.17 bits per heavy atom. The van der Waals surface area contributed by atoms with Crippen LogP contribution in [0.25, 0.3) is 86.7 Å². The van der Waals surface area contributed by atoms with Crippen molar-refractivity contribution in [1.29, 1.82) is 0 Å². The number of hydrogen-bond acceptors (Lipinski definition) is 2. The molecule has 0 saturated carbocycles. The third-order valence-electron chi connectivity index (χ3n) is 12.5. The molecule has 8 aromatic carbocycles. The van der Waals surface area contributed by atoms with Crippen molar-refractivity contribution in [3.8, 4) is 28.1 Å². The zero-order valence-electron chi connectivity index (χ0n) is 31.3. The fraction of sp³-hybridized carbons (Fsp3) is 0.0185. The van der Waals surface area contributed by atoms with Crippen LogP contribution in [0.2, 0.25) is 0 Å². The Morgan fingerprint density at radius 1 is 0.466 bits per heavy atom. The zero-order valence-corrected chi connectivity index (χ0v) is 32.1. The second-order valence-corrected chi connectivity index (χ2v) is 16.5. The summed E-state index contributed by atoms with van der Waals surface area (Å²) in [6, 6.07) is 73.6. The molecule has 13 rings (SSSR count). The molecule has 0 amide bonds. The normalized spacial score (nSPS) is 13.3. The number of para-hydroxylation sites is 3. The molecule has 1 aliphatic rings. The van der Waals surface area contributed by atoms with Gasteiger partial charge in [0.15, 0.2) is 0 Å². The predicted octanol–water partition coefficient (Wildman–Crippen LogP) is 14.0. The average molecular weight is 756 g/mol. The number of rotatable bonds is 4. The standard InChI is InChI=1S/C54H33N3S/c1-3-18-36(19-4-1)54(37-20-5-2-6-21-37)43-25-10-8-23-39(43)41-33-48-42(32-44(41)54)53-52(40-24-9-14-29-50(40)58-53)56(48)38-22-15-17-35(30-38)51-49-31-34-16-7-12-27-46(34)57(49)47-28-13-11-26-45(47)55-51/h1-33H. The molecule has 4 heteroatoms. The lowest BCUT2D eigenvalue weighted by molar-refractivity contribution is 0.769. The van der Waals surface area contributed by atoms with Gasteiger partial charge in [-0.25, -0.2) is 4.98 Å². The Balaban J connectivity index is 1.13. The molecule has 3 nitrogen and oxygen atoms in total.